The number of fused-ring (bicyclic) bond motifs is 2. The summed E-state index contributed by atoms with van der Waals surface area (Å²) in [6.07, 6.45) is 6.37. The molecule has 0 saturated carbocycles. The van der Waals surface area contributed by atoms with Crippen molar-refractivity contribution in [2.24, 2.45) is 0 Å². The van der Waals surface area contributed by atoms with E-state index in [1.807, 2.05) is 19.9 Å². The second-order valence-electron chi connectivity index (χ2n) is 11.6. The maximum Gasteiger partial charge on any atom is 0.347 e. The standard InChI is InChI=1S/C33H38N2O11S2/c1-4-34(5-2)22-13-15-24-28(20-22)46-32(39)25(31(24)38)10-6-7-11-29-33(3,17-8-12-30(36)37)26-21-23(48(43,44)45)14-16-27(26)35(29)18-9-19-47(40,41)42/h6-7,10-11,13-16,20-21H,4-5,8-9,12,17-19H2,1-3H3,(H3,36,37,40,41,42,43,44,45)/p+1. The summed E-state index contributed by atoms with van der Waals surface area (Å²) in [7, 11) is -8.87. The van der Waals surface area contributed by atoms with Gasteiger partial charge in [-0.05, 0) is 64.0 Å². The number of nitrogens with zero attached hydrogens (tertiary/aromatic N) is 2. The van der Waals surface area contributed by atoms with Crippen LogP contribution in [0.1, 0.15) is 57.6 Å². The molecule has 4 N–H and O–H groups in total. The van der Waals surface area contributed by atoms with Crippen molar-refractivity contribution in [3.8, 4) is 5.75 Å². The molecule has 48 heavy (non-hydrogen) atoms. The average molecular weight is 704 g/mol. The highest BCUT2D eigenvalue weighted by Crippen LogP contribution is 2.44. The number of aliphatic carboxylic acids is 1. The fourth-order valence-corrected chi connectivity index (χ4v) is 7.11. The van der Waals surface area contributed by atoms with Gasteiger partial charge in [0.2, 0.25) is 5.69 Å². The Hall–Kier alpha value is -4.31. The van der Waals surface area contributed by atoms with Gasteiger partial charge in [-0.1, -0.05) is 12.2 Å². The molecule has 0 saturated heterocycles. The van der Waals surface area contributed by atoms with Gasteiger partial charge in [-0.25, -0.2) is 4.79 Å². The van der Waals surface area contributed by atoms with E-state index in [2.05, 4.69) is 4.90 Å². The molecular weight excluding hydrogens is 665 g/mol. The molecule has 0 radical (unpaired) electrons. The third kappa shape index (κ3) is 8.03. The van der Waals surface area contributed by atoms with Gasteiger partial charge in [-0.15, -0.1) is 0 Å². The van der Waals surface area contributed by atoms with E-state index in [-0.39, 0.29) is 54.0 Å². The zero-order chi connectivity index (χ0) is 35.4. The number of carbonyl (C=O) groups is 1. The molecule has 2 heterocycles. The van der Waals surface area contributed by atoms with E-state index in [0.717, 1.165) is 18.8 Å². The molecule has 15 heteroatoms. The van der Waals surface area contributed by atoms with Crippen molar-refractivity contribution in [2.75, 3.05) is 30.3 Å². The molecule has 0 bridgehead atoms. The highest BCUT2D eigenvalue weighted by atomic mass is 32.2. The zero-order valence-corrected chi connectivity index (χ0v) is 28.4. The van der Waals surface area contributed by atoms with Gasteiger partial charge in [0.05, 0.1) is 21.4 Å². The van der Waals surface area contributed by atoms with Crippen molar-refractivity contribution in [3.05, 3.63) is 76.2 Å². The molecule has 0 amide bonds. The average Bonchev–Trinajstić information content (AvgIpc) is 3.22. The smallest absolute Gasteiger partial charge is 0.347 e. The molecule has 1 aromatic heterocycles. The third-order valence-corrected chi connectivity index (χ3v) is 10.2. The lowest BCUT2D eigenvalue weighted by Crippen LogP contribution is -2.32. The number of carboxylic acids is 1. The number of hydrogen-bond acceptors (Lipinski definition) is 9. The third-order valence-electron chi connectivity index (χ3n) is 8.51. The molecule has 2 aromatic carbocycles. The Labute approximate surface area is 278 Å². The van der Waals surface area contributed by atoms with Crippen LogP contribution in [-0.4, -0.2) is 77.8 Å². The summed E-state index contributed by atoms with van der Waals surface area (Å²) in [4.78, 5) is 26.0. The normalized spacial score (nSPS) is 16.8. The molecule has 0 fully saturated rings. The Kier molecular flexibility index (Phi) is 11.0. The minimum absolute atomic E-state index is 0.00129. The van der Waals surface area contributed by atoms with Gasteiger partial charge in [-0.3, -0.25) is 13.9 Å². The van der Waals surface area contributed by atoms with Gasteiger partial charge >= 0.3 is 11.6 Å². The molecular formula is C33H39N2O11S2+. The fraction of sp³-hybridized carbons (Fsp3) is 0.364. The first kappa shape index (κ1) is 36.5. The Balaban J connectivity index is 1.78. The molecule has 258 valence electrons. The lowest BCUT2D eigenvalue weighted by Gasteiger charge is -2.22. The monoisotopic (exact) mass is 703 g/mol. The number of hydrogen-bond donors (Lipinski definition) is 4. The fourth-order valence-electron chi connectivity index (χ4n) is 6.11. The zero-order valence-electron chi connectivity index (χ0n) is 26.8. The second kappa shape index (κ2) is 14.4. The summed E-state index contributed by atoms with van der Waals surface area (Å²) in [5.41, 5.74) is 0.754. The minimum atomic E-state index is -4.59. The van der Waals surface area contributed by atoms with E-state index in [1.54, 1.807) is 35.8 Å². The van der Waals surface area contributed by atoms with Crippen LogP contribution in [0.25, 0.3) is 17.0 Å². The molecule has 1 aliphatic rings. The number of rotatable bonds is 15. The van der Waals surface area contributed by atoms with Gasteiger partial charge < -0.3 is 19.5 Å². The SMILES string of the molecule is CCN(CC)c1ccc2c(O)c(C=CC=CC3=[N+](CCCS(=O)(=O)O)c4ccc(S(=O)(=O)O)cc4C3(C)CCCC(=O)O)c(=O)oc2c1. The van der Waals surface area contributed by atoms with Crippen LogP contribution in [0.15, 0.2) is 68.7 Å². The molecule has 0 spiro atoms. The quantitative estimate of drug-likeness (QED) is 0.0733. The Morgan fingerprint density at radius 3 is 2.31 bits per heavy atom. The van der Waals surface area contributed by atoms with E-state index in [0.29, 0.717) is 22.3 Å². The molecule has 4 rings (SSSR count). The van der Waals surface area contributed by atoms with E-state index in [4.69, 9.17) is 4.42 Å². The van der Waals surface area contributed by atoms with Gasteiger partial charge in [0, 0.05) is 55.4 Å². The van der Waals surface area contributed by atoms with Gasteiger partial charge in [0.1, 0.15) is 23.4 Å². The first-order valence-electron chi connectivity index (χ1n) is 15.3. The highest BCUT2D eigenvalue weighted by molar-refractivity contribution is 7.86. The van der Waals surface area contributed by atoms with E-state index >= 15 is 0 Å². The summed E-state index contributed by atoms with van der Waals surface area (Å²) >= 11 is 0. The summed E-state index contributed by atoms with van der Waals surface area (Å²) in [5, 5.41) is 20.6. The lowest BCUT2D eigenvalue weighted by atomic mass is 9.75. The summed E-state index contributed by atoms with van der Waals surface area (Å²) < 4.78 is 73.4. The minimum Gasteiger partial charge on any atom is -0.506 e. The van der Waals surface area contributed by atoms with E-state index in [9.17, 15) is 45.7 Å². The Bertz CT molecular complexity index is 2100. The van der Waals surface area contributed by atoms with Crippen molar-refractivity contribution in [1.82, 2.24) is 0 Å². The highest BCUT2D eigenvalue weighted by Gasteiger charge is 2.47. The summed E-state index contributed by atoms with van der Waals surface area (Å²) in [6.45, 7) is 7.35. The Morgan fingerprint density at radius 2 is 1.69 bits per heavy atom. The van der Waals surface area contributed by atoms with Crippen molar-refractivity contribution in [1.29, 1.82) is 0 Å². The van der Waals surface area contributed by atoms with E-state index < -0.39 is 43.0 Å². The number of aromatic hydroxyl groups is 1. The van der Waals surface area contributed by atoms with Gasteiger partial charge in [0.25, 0.3) is 20.2 Å². The molecule has 13 nitrogen and oxygen atoms in total. The number of anilines is 1. The summed E-state index contributed by atoms with van der Waals surface area (Å²) in [5.74, 6) is -1.82. The molecule has 1 unspecified atom stereocenters. The van der Waals surface area contributed by atoms with Crippen molar-refractivity contribution < 1.29 is 49.9 Å². The van der Waals surface area contributed by atoms with Crippen LogP contribution in [0.2, 0.25) is 0 Å². The number of benzene rings is 2. The summed E-state index contributed by atoms with van der Waals surface area (Å²) in [6, 6.07) is 9.19. The first-order valence-corrected chi connectivity index (χ1v) is 18.4. The van der Waals surface area contributed by atoms with Crippen molar-refractivity contribution >= 4 is 60.3 Å². The molecule has 1 atom stereocenters. The van der Waals surface area contributed by atoms with Gasteiger partial charge in [-0.2, -0.15) is 21.4 Å². The molecule has 3 aromatic rings. The lowest BCUT2D eigenvalue weighted by molar-refractivity contribution is -0.437. The predicted octanol–water partition coefficient (Wildman–Crippen LogP) is 4.75. The second-order valence-corrected chi connectivity index (χ2v) is 14.6. The van der Waals surface area contributed by atoms with E-state index in [1.165, 1.54) is 30.4 Å². The van der Waals surface area contributed by atoms with Crippen LogP contribution >= 0.6 is 0 Å². The van der Waals surface area contributed by atoms with Crippen LogP contribution in [0.5, 0.6) is 5.75 Å². The Morgan fingerprint density at radius 1 is 1.00 bits per heavy atom. The largest absolute Gasteiger partial charge is 0.506 e. The number of allylic oxidation sites excluding steroid dienone is 3. The van der Waals surface area contributed by atoms with Crippen molar-refractivity contribution in [3.63, 3.8) is 0 Å². The van der Waals surface area contributed by atoms with Crippen LogP contribution in [-0.2, 0) is 30.4 Å². The van der Waals surface area contributed by atoms with Crippen molar-refractivity contribution in [2.45, 2.75) is 56.8 Å². The van der Waals surface area contributed by atoms with Crippen LogP contribution in [0.4, 0.5) is 11.4 Å². The topological polar surface area (TPSA) is 203 Å². The van der Waals surface area contributed by atoms with Crippen LogP contribution < -0.4 is 10.5 Å². The van der Waals surface area contributed by atoms with Gasteiger partial charge in [0.15, 0.2) is 5.71 Å². The van der Waals surface area contributed by atoms with Crippen LogP contribution in [0, 0.1) is 0 Å². The maximum absolute atomic E-state index is 12.9. The number of carboxylic acid groups (broad SMARTS) is 1. The maximum atomic E-state index is 12.9. The molecule has 1 aliphatic heterocycles. The first-order chi connectivity index (χ1) is 22.5. The van der Waals surface area contributed by atoms with Crippen LogP contribution in [0.3, 0.4) is 0 Å². The predicted molar refractivity (Wildman–Crippen MR) is 182 cm³/mol. The molecule has 0 aliphatic carbocycles.